The van der Waals surface area contributed by atoms with Gasteiger partial charge < -0.3 is 21.7 Å². The maximum Gasteiger partial charge on any atom is 0.269 e. The summed E-state index contributed by atoms with van der Waals surface area (Å²) in [5.41, 5.74) is 11.1. The van der Waals surface area contributed by atoms with Gasteiger partial charge in [0.2, 0.25) is 23.8 Å². The van der Waals surface area contributed by atoms with E-state index in [9.17, 15) is 10.1 Å². The lowest BCUT2D eigenvalue weighted by atomic mass is 10.1. The molecule has 2 heterocycles. The van der Waals surface area contributed by atoms with Crippen molar-refractivity contribution in [3.8, 4) is 22.5 Å². The fourth-order valence-electron chi connectivity index (χ4n) is 4.21. The van der Waals surface area contributed by atoms with E-state index in [2.05, 4.69) is 40.9 Å². The third kappa shape index (κ3) is 6.66. The second-order valence-corrected chi connectivity index (χ2v) is 9.29. The first-order chi connectivity index (χ1) is 21.0. The van der Waals surface area contributed by atoms with Crippen LogP contribution in [-0.2, 0) is 0 Å². The molecule has 0 amide bonds. The van der Waals surface area contributed by atoms with Crippen LogP contribution < -0.4 is 21.7 Å². The summed E-state index contributed by atoms with van der Waals surface area (Å²) in [6.45, 7) is 0. The molecule has 0 aliphatic carbocycles. The van der Waals surface area contributed by atoms with Crippen LogP contribution in [0.3, 0.4) is 0 Å². The maximum absolute atomic E-state index is 11.0. The monoisotopic (exact) mass is 568 g/mol. The lowest BCUT2D eigenvalue weighted by molar-refractivity contribution is -0.384. The number of aromatic nitrogens is 5. The van der Waals surface area contributed by atoms with Gasteiger partial charge in [0, 0.05) is 40.3 Å². The number of nitro groups is 1. The predicted octanol–water partition coefficient (Wildman–Crippen LogP) is 6.72. The number of para-hydroxylation sites is 2. The first kappa shape index (κ1) is 26.8. The van der Waals surface area contributed by atoms with E-state index in [0.717, 1.165) is 22.6 Å². The van der Waals surface area contributed by atoms with Gasteiger partial charge in [-0.1, -0.05) is 48.5 Å². The zero-order chi connectivity index (χ0) is 29.6. The Hall–Kier alpha value is -6.43. The van der Waals surface area contributed by atoms with Gasteiger partial charge >= 0.3 is 0 Å². The van der Waals surface area contributed by atoms with Gasteiger partial charge in [-0.15, -0.1) is 0 Å². The van der Waals surface area contributed by atoms with Crippen molar-refractivity contribution in [1.29, 1.82) is 0 Å². The molecule has 0 saturated carbocycles. The van der Waals surface area contributed by atoms with Crippen LogP contribution in [0.2, 0.25) is 0 Å². The molecule has 0 bridgehead atoms. The molecule has 0 fully saturated rings. The van der Waals surface area contributed by atoms with Crippen LogP contribution in [0.5, 0.6) is 0 Å². The number of rotatable bonds is 9. The molecule has 43 heavy (non-hydrogen) atoms. The third-order valence-electron chi connectivity index (χ3n) is 6.25. The van der Waals surface area contributed by atoms with Crippen molar-refractivity contribution in [2.24, 2.45) is 0 Å². The van der Waals surface area contributed by atoms with E-state index in [0.29, 0.717) is 34.8 Å². The van der Waals surface area contributed by atoms with Crippen LogP contribution in [0.4, 0.5) is 46.5 Å². The lowest BCUT2D eigenvalue weighted by Crippen LogP contribution is -2.07. The standard InChI is InChI=1S/C31H24N10O2/c32-28-36-26(19-27(37-28)21-13-17-25(18-14-21)41(42)43)20-11-15-24(16-12-20)35-31-39-29(33-22-7-3-1-4-8-22)38-30(40-31)34-23-9-5-2-6-10-23/h1-19H,(H2,32,36,37)(H3,33,34,35,38,39,40). The van der Waals surface area contributed by atoms with E-state index in [1.807, 2.05) is 84.9 Å². The molecule has 6 rings (SSSR count). The molecular weight excluding hydrogens is 544 g/mol. The molecule has 0 radical (unpaired) electrons. The van der Waals surface area contributed by atoms with Crippen molar-refractivity contribution in [3.05, 3.63) is 125 Å². The van der Waals surface area contributed by atoms with E-state index in [4.69, 9.17) is 5.73 Å². The molecule has 0 unspecified atom stereocenters. The van der Waals surface area contributed by atoms with Gasteiger partial charge in [0.05, 0.1) is 16.3 Å². The molecule has 0 saturated heterocycles. The Bertz CT molecular complexity index is 1810. The highest BCUT2D eigenvalue weighted by Crippen LogP contribution is 2.28. The normalized spacial score (nSPS) is 10.6. The van der Waals surface area contributed by atoms with Gasteiger partial charge in [-0.3, -0.25) is 10.1 Å². The highest BCUT2D eigenvalue weighted by atomic mass is 16.6. The van der Waals surface area contributed by atoms with E-state index in [1.165, 1.54) is 12.1 Å². The average molecular weight is 569 g/mol. The fourth-order valence-corrected chi connectivity index (χ4v) is 4.21. The number of benzene rings is 4. The van der Waals surface area contributed by atoms with E-state index in [1.54, 1.807) is 18.2 Å². The molecule has 0 aliphatic rings. The molecule has 0 spiro atoms. The van der Waals surface area contributed by atoms with Crippen LogP contribution >= 0.6 is 0 Å². The van der Waals surface area contributed by atoms with Crippen molar-refractivity contribution in [3.63, 3.8) is 0 Å². The van der Waals surface area contributed by atoms with Crippen LogP contribution in [0.25, 0.3) is 22.5 Å². The number of nitrogens with zero attached hydrogens (tertiary/aromatic N) is 6. The summed E-state index contributed by atoms with van der Waals surface area (Å²) in [4.78, 5) is 32.9. The number of anilines is 7. The number of hydrogen-bond donors (Lipinski definition) is 4. The number of nitrogens with two attached hydrogens (primary N) is 1. The van der Waals surface area contributed by atoms with Gasteiger partial charge in [-0.25, -0.2) is 9.97 Å². The molecule has 2 aromatic heterocycles. The maximum atomic E-state index is 11.0. The molecule has 4 aromatic carbocycles. The Balaban J connectivity index is 1.25. The number of non-ortho nitro benzene ring substituents is 1. The number of nitro benzene ring substituents is 1. The SMILES string of the molecule is Nc1nc(-c2ccc(Nc3nc(Nc4ccccc4)nc(Nc4ccccc4)n3)cc2)cc(-c2ccc([N+](=O)[O-])cc2)n1. The lowest BCUT2D eigenvalue weighted by Gasteiger charge is -2.12. The van der Waals surface area contributed by atoms with E-state index in [-0.39, 0.29) is 11.6 Å². The first-order valence-electron chi connectivity index (χ1n) is 13.2. The minimum atomic E-state index is -0.447. The summed E-state index contributed by atoms with van der Waals surface area (Å²) < 4.78 is 0. The number of nitrogen functional groups attached to an aromatic ring is 1. The summed E-state index contributed by atoms with van der Waals surface area (Å²) in [5.74, 6) is 1.17. The van der Waals surface area contributed by atoms with Crippen molar-refractivity contribution in [2.75, 3.05) is 21.7 Å². The Morgan fingerprint density at radius 3 is 1.35 bits per heavy atom. The molecule has 0 aliphatic heterocycles. The summed E-state index contributed by atoms with van der Waals surface area (Å²) in [6, 6.07) is 34.7. The Kier molecular flexibility index (Phi) is 7.46. The molecule has 0 atom stereocenters. The zero-order valence-corrected chi connectivity index (χ0v) is 22.5. The molecule has 5 N–H and O–H groups in total. The van der Waals surface area contributed by atoms with Gasteiger partial charge in [0.1, 0.15) is 0 Å². The van der Waals surface area contributed by atoms with Crippen molar-refractivity contribution < 1.29 is 4.92 Å². The van der Waals surface area contributed by atoms with Crippen molar-refractivity contribution in [2.45, 2.75) is 0 Å². The zero-order valence-electron chi connectivity index (χ0n) is 22.5. The van der Waals surface area contributed by atoms with E-state index >= 15 is 0 Å². The summed E-state index contributed by atoms with van der Waals surface area (Å²) in [5, 5.41) is 20.7. The van der Waals surface area contributed by atoms with Crippen molar-refractivity contribution in [1.82, 2.24) is 24.9 Å². The highest BCUT2D eigenvalue weighted by molar-refractivity contribution is 5.71. The van der Waals surface area contributed by atoms with Crippen molar-refractivity contribution >= 4 is 46.5 Å². The topological polar surface area (TPSA) is 170 Å². The Labute approximate surface area is 245 Å². The second-order valence-electron chi connectivity index (χ2n) is 9.29. The van der Waals surface area contributed by atoms with Crippen LogP contribution in [-0.4, -0.2) is 29.8 Å². The molecule has 12 nitrogen and oxygen atoms in total. The average Bonchev–Trinajstić information content (AvgIpc) is 3.02. The number of nitrogens with one attached hydrogen (secondary N) is 3. The Morgan fingerprint density at radius 1 is 0.535 bits per heavy atom. The second kappa shape index (κ2) is 12.0. The fraction of sp³-hybridized carbons (Fsp3) is 0. The summed E-state index contributed by atoms with van der Waals surface area (Å²) >= 11 is 0. The van der Waals surface area contributed by atoms with Gasteiger partial charge in [-0.05, 0) is 54.6 Å². The van der Waals surface area contributed by atoms with Crippen LogP contribution in [0.15, 0.2) is 115 Å². The van der Waals surface area contributed by atoms with Crippen LogP contribution in [0, 0.1) is 10.1 Å². The molecule has 6 aromatic rings. The minimum absolute atomic E-state index is 0.00166. The van der Waals surface area contributed by atoms with E-state index < -0.39 is 4.92 Å². The summed E-state index contributed by atoms with van der Waals surface area (Å²) in [6.07, 6.45) is 0. The molecule has 210 valence electrons. The minimum Gasteiger partial charge on any atom is -0.368 e. The van der Waals surface area contributed by atoms with Gasteiger partial charge in [-0.2, -0.15) is 15.0 Å². The Morgan fingerprint density at radius 2 is 0.930 bits per heavy atom. The number of hydrogen-bond acceptors (Lipinski definition) is 11. The van der Waals surface area contributed by atoms with Gasteiger partial charge in [0.25, 0.3) is 5.69 Å². The van der Waals surface area contributed by atoms with Crippen LogP contribution in [0.1, 0.15) is 0 Å². The summed E-state index contributed by atoms with van der Waals surface area (Å²) in [7, 11) is 0. The first-order valence-corrected chi connectivity index (χ1v) is 13.2. The molecular formula is C31H24N10O2. The van der Waals surface area contributed by atoms with Gasteiger partial charge in [0.15, 0.2) is 0 Å². The predicted molar refractivity (Wildman–Crippen MR) is 167 cm³/mol. The molecule has 12 heteroatoms. The quantitative estimate of drug-likeness (QED) is 0.108. The highest BCUT2D eigenvalue weighted by Gasteiger charge is 2.12. The smallest absolute Gasteiger partial charge is 0.269 e. The third-order valence-corrected chi connectivity index (χ3v) is 6.25. The largest absolute Gasteiger partial charge is 0.368 e.